The number of allylic oxidation sites excluding steroid dienone is 18. The summed E-state index contributed by atoms with van der Waals surface area (Å²) in [6, 6.07) is 0. The average Bonchev–Trinajstić information content (AvgIpc) is 3.38. The van der Waals surface area contributed by atoms with E-state index >= 15 is 0 Å². The number of hydrogen-bond donors (Lipinski definition) is 0. The number of quaternary nitrogens is 1. The second kappa shape index (κ2) is 56.4. The van der Waals surface area contributed by atoms with Gasteiger partial charge in [-0.2, -0.15) is 0 Å². The Labute approximate surface area is 467 Å². The zero-order chi connectivity index (χ0) is 55.6. The van der Waals surface area contributed by atoms with E-state index in [9.17, 15) is 19.0 Å². The molecule has 9 nitrogen and oxygen atoms in total. The lowest BCUT2D eigenvalue weighted by Gasteiger charge is -2.28. The summed E-state index contributed by atoms with van der Waals surface area (Å²) in [4.78, 5) is 37.9. The van der Waals surface area contributed by atoms with Crippen molar-refractivity contribution in [3.63, 3.8) is 0 Å². The van der Waals surface area contributed by atoms with E-state index in [1.807, 2.05) is 21.1 Å². The molecule has 2 unspecified atom stereocenters. The van der Waals surface area contributed by atoms with Crippen LogP contribution in [0.25, 0.3) is 0 Å². The molecule has 0 N–H and O–H groups in total. The fourth-order valence-electron chi connectivity index (χ4n) is 8.12. The molecule has 0 saturated heterocycles. The molecule has 0 aliphatic heterocycles. The molecule has 0 radical (unpaired) electrons. The quantitative estimate of drug-likeness (QED) is 0.0195. The number of esters is 2. The van der Waals surface area contributed by atoms with Gasteiger partial charge in [0.15, 0.2) is 6.10 Å². The molecule has 0 aromatic carbocycles. The minimum absolute atomic E-state index is 0.0370. The van der Waals surface area contributed by atoms with Crippen LogP contribution in [-0.2, 0) is 32.7 Å². The Kier molecular flexibility index (Phi) is 53.9. The van der Waals surface area contributed by atoms with Gasteiger partial charge in [-0.15, -0.1) is 0 Å². The number of likely N-dealkylation sites (N-methyl/N-ethyl adjacent to an activating group) is 1. The Bertz CT molecular complexity index is 1650. The first-order chi connectivity index (χ1) is 37.0. The molecule has 0 rings (SSSR count). The van der Waals surface area contributed by atoms with Crippen molar-refractivity contribution < 1.29 is 42.1 Å². The number of carbonyl (C=O) groups is 2. The number of unbranched alkanes of at least 4 members (excludes halogenated alkanes) is 23. The predicted octanol–water partition coefficient (Wildman–Crippen LogP) is 18.7. The summed E-state index contributed by atoms with van der Waals surface area (Å²) < 4.78 is 34.2. The van der Waals surface area contributed by atoms with E-state index in [2.05, 4.69) is 123 Å². The van der Waals surface area contributed by atoms with Crippen LogP contribution in [0.1, 0.15) is 245 Å². The first-order valence-corrected chi connectivity index (χ1v) is 32.1. The lowest BCUT2D eigenvalue weighted by molar-refractivity contribution is -0.870. The molecular weight excluding hydrogens is 966 g/mol. The van der Waals surface area contributed by atoms with E-state index in [1.165, 1.54) is 109 Å². The van der Waals surface area contributed by atoms with E-state index in [-0.39, 0.29) is 32.0 Å². The van der Waals surface area contributed by atoms with E-state index < -0.39 is 26.5 Å². The minimum Gasteiger partial charge on any atom is -0.756 e. The van der Waals surface area contributed by atoms with E-state index in [4.69, 9.17) is 18.5 Å². The maximum Gasteiger partial charge on any atom is 0.306 e. The fourth-order valence-corrected chi connectivity index (χ4v) is 8.85. The van der Waals surface area contributed by atoms with E-state index in [1.54, 1.807) is 0 Å². The molecule has 0 bridgehead atoms. The van der Waals surface area contributed by atoms with Gasteiger partial charge in [0.05, 0.1) is 27.7 Å². The topological polar surface area (TPSA) is 111 Å². The third-order valence-corrected chi connectivity index (χ3v) is 13.8. The Morgan fingerprint density at radius 1 is 0.421 bits per heavy atom. The van der Waals surface area contributed by atoms with Gasteiger partial charge in [-0.05, 0) is 83.5 Å². The van der Waals surface area contributed by atoms with Crippen LogP contribution >= 0.6 is 7.82 Å². The molecule has 0 fully saturated rings. The summed E-state index contributed by atoms with van der Waals surface area (Å²) in [6.07, 6.45) is 78.5. The van der Waals surface area contributed by atoms with Crippen molar-refractivity contribution in [1.29, 1.82) is 0 Å². The van der Waals surface area contributed by atoms with E-state index in [0.29, 0.717) is 17.4 Å². The van der Waals surface area contributed by atoms with Crippen LogP contribution in [0.2, 0.25) is 0 Å². The summed E-state index contributed by atoms with van der Waals surface area (Å²) in [5, 5.41) is 0. The first kappa shape index (κ1) is 72.7. The lowest BCUT2D eigenvalue weighted by atomic mass is 10.0. The van der Waals surface area contributed by atoms with Crippen LogP contribution in [0.4, 0.5) is 0 Å². The summed E-state index contributed by atoms with van der Waals surface area (Å²) in [6.45, 7) is 4.12. The third-order valence-electron chi connectivity index (χ3n) is 12.8. The number of rotatable bonds is 55. The molecule has 0 amide bonds. The van der Waals surface area contributed by atoms with Crippen molar-refractivity contribution >= 4 is 19.8 Å². The summed E-state index contributed by atoms with van der Waals surface area (Å²) >= 11 is 0. The maximum atomic E-state index is 12.8. The molecule has 0 aliphatic carbocycles. The molecule has 2 atom stereocenters. The standard InChI is InChI=1S/C66H114NO8P/c1-6-8-10-12-14-16-18-20-22-24-25-26-27-28-29-30-31-32-33-34-35-36-37-38-39-40-41-43-45-47-49-51-53-55-57-59-66(69)75-64(63-74-76(70,71)73-61-60-67(3,4)5)62-72-65(68)58-56-54-52-50-48-46-44-42-23-21-19-17-15-13-11-9-7-2/h8,10,14,16,20,22,25-26,28-29,31-32,34-35,37-38,40-41,64H,6-7,9,11-13,15,17-19,21,23-24,27,30,33,36,39,42-63H2,1-5H3/b10-8-,16-14-,22-20-,26-25-,29-28-,32-31-,35-34-,38-37-,41-40-. The van der Waals surface area contributed by atoms with Crippen molar-refractivity contribution in [2.24, 2.45) is 0 Å². The smallest absolute Gasteiger partial charge is 0.306 e. The summed E-state index contributed by atoms with van der Waals surface area (Å²) in [7, 11) is 1.15. The first-order valence-electron chi connectivity index (χ1n) is 30.6. The van der Waals surface area contributed by atoms with Gasteiger partial charge >= 0.3 is 11.9 Å². The molecule has 76 heavy (non-hydrogen) atoms. The van der Waals surface area contributed by atoms with Crippen LogP contribution in [0, 0.1) is 0 Å². The number of ether oxygens (including phenoxy) is 2. The van der Waals surface area contributed by atoms with Crippen molar-refractivity contribution in [1.82, 2.24) is 0 Å². The second-order valence-electron chi connectivity index (χ2n) is 21.3. The lowest BCUT2D eigenvalue weighted by Crippen LogP contribution is -2.37. The normalized spacial score (nSPS) is 14.0. The molecule has 0 aromatic heterocycles. The highest BCUT2D eigenvalue weighted by atomic mass is 31.2. The fraction of sp³-hybridized carbons (Fsp3) is 0.697. The van der Waals surface area contributed by atoms with Gasteiger partial charge < -0.3 is 27.9 Å². The second-order valence-corrected chi connectivity index (χ2v) is 22.8. The van der Waals surface area contributed by atoms with Crippen LogP contribution < -0.4 is 4.89 Å². The van der Waals surface area contributed by atoms with Crippen molar-refractivity contribution in [2.45, 2.75) is 251 Å². The van der Waals surface area contributed by atoms with Gasteiger partial charge in [0, 0.05) is 12.8 Å². The molecule has 436 valence electrons. The van der Waals surface area contributed by atoms with Gasteiger partial charge in [0.2, 0.25) is 0 Å². The zero-order valence-corrected chi connectivity index (χ0v) is 50.3. The summed E-state index contributed by atoms with van der Waals surface area (Å²) in [5.41, 5.74) is 0. The highest BCUT2D eigenvalue weighted by Gasteiger charge is 2.22. The Hall–Kier alpha value is -3.33. The molecule has 0 saturated carbocycles. The predicted molar refractivity (Wildman–Crippen MR) is 323 cm³/mol. The number of phosphoric acid groups is 1. The molecule has 0 aliphatic rings. The van der Waals surface area contributed by atoms with Crippen LogP contribution in [-0.4, -0.2) is 70.0 Å². The molecule has 10 heteroatoms. The van der Waals surface area contributed by atoms with Crippen molar-refractivity contribution in [2.75, 3.05) is 47.5 Å². The van der Waals surface area contributed by atoms with Gasteiger partial charge in [-0.25, -0.2) is 0 Å². The SMILES string of the molecule is CC/C=C\C/C=C\C/C=C\C/C=C\C/C=C\C/C=C\C/C=C\C/C=C\C/C=C\CCCCCCCCCC(=O)OC(COC(=O)CCCCCCCCCCCCCCCCCCC)COP(=O)([O-])OCC[N+](C)(C)C. The third kappa shape index (κ3) is 59.9. The van der Waals surface area contributed by atoms with E-state index in [0.717, 1.165) is 103 Å². The highest BCUT2D eigenvalue weighted by molar-refractivity contribution is 7.45. The van der Waals surface area contributed by atoms with Gasteiger partial charge in [0.25, 0.3) is 7.82 Å². The maximum absolute atomic E-state index is 12.8. The van der Waals surface area contributed by atoms with Gasteiger partial charge in [0.1, 0.15) is 19.8 Å². The highest BCUT2D eigenvalue weighted by Crippen LogP contribution is 2.38. The minimum atomic E-state index is -4.64. The Balaban J connectivity index is 4.17. The summed E-state index contributed by atoms with van der Waals surface area (Å²) in [5.74, 6) is -0.845. The average molecular weight is 1080 g/mol. The largest absolute Gasteiger partial charge is 0.756 e. The monoisotopic (exact) mass is 1080 g/mol. The van der Waals surface area contributed by atoms with Gasteiger partial charge in [-0.1, -0.05) is 258 Å². The molecular formula is C66H114NO8P. The van der Waals surface area contributed by atoms with Crippen LogP contribution in [0.5, 0.6) is 0 Å². The number of phosphoric ester groups is 1. The number of nitrogens with zero attached hydrogens (tertiary/aromatic N) is 1. The molecule has 0 heterocycles. The Morgan fingerprint density at radius 3 is 1.12 bits per heavy atom. The number of carbonyl (C=O) groups excluding carboxylic acids is 2. The Morgan fingerprint density at radius 2 is 0.750 bits per heavy atom. The van der Waals surface area contributed by atoms with Gasteiger partial charge in [-0.3, -0.25) is 14.2 Å². The van der Waals surface area contributed by atoms with Crippen molar-refractivity contribution in [3.05, 3.63) is 109 Å². The van der Waals surface area contributed by atoms with Crippen LogP contribution in [0.15, 0.2) is 109 Å². The van der Waals surface area contributed by atoms with Crippen LogP contribution in [0.3, 0.4) is 0 Å². The molecule has 0 spiro atoms. The van der Waals surface area contributed by atoms with Crippen molar-refractivity contribution in [3.8, 4) is 0 Å². The number of hydrogen-bond acceptors (Lipinski definition) is 8. The zero-order valence-electron chi connectivity index (χ0n) is 49.4. The molecule has 0 aromatic rings.